The molecule has 1 aliphatic rings. The number of rotatable bonds is 6. The topological polar surface area (TPSA) is 12.5 Å². The molecular weight excluding hydrogens is 246 g/mol. The minimum atomic E-state index is 0.326. The van der Waals surface area contributed by atoms with Gasteiger partial charge in [-0.25, -0.2) is 0 Å². The molecule has 0 unspecified atom stereocenters. The Kier molecular flexibility index (Phi) is 5.90. The van der Waals surface area contributed by atoms with Crippen molar-refractivity contribution in [2.24, 2.45) is 0 Å². The Morgan fingerprint density at radius 3 is 2.25 bits per heavy atom. The van der Waals surface area contributed by atoms with Crippen LogP contribution in [-0.4, -0.2) is 25.3 Å². The van der Waals surface area contributed by atoms with Crippen molar-refractivity contribution in [3.05, 3.63) is 29.8 Å². The fraction of sp³-hybridized carbons (Fsp3) is 0.667. The maximum atomic E-state index is 5.80. The highest BCUT2D eigenvalue weighted by Crippen LogP contribution is 2.21. The van der Waals surface area contributed by atoms with E-state index in [1.165, 1.54) is 43.4 Å². The van der Waals surface area contributed by atoms with E-state index in [4.69, 9.17) is 4.74 Å². The summed E-state index contributed by atoms with van der Waals surface area (Å²) in [6.45, 7) is 8.58. The molecule has 0 spiro atoms. The van der Waals surface area contributed by atoms with E-state index in [-0.39, 0.29) is 0 Å². The van der Waals surface area contributed by atoms with Crippen molar-refractivity contribution in [3.63, 3.8) is 0 Å². The lowest BCUT2D eigenvalue weighted by Gasteiger charge is -2.36. The van der Waals surface area contributed by atoms with Gasteiger partial charge < -0.3 is 9.64 Å². The number of unbranched alkanes of at least 4 members (excludes halogenated alkanes) is 3. The molecule has 112 valence electrons. The van der Waals surface area contributed by atoms with Crippen molar-refractivity contribution in [2.75, 3.05) is 18.0 Å². The van der Waals surface area contributed by atoms with Crippen molar-refractivity contribution in [3.8, 4) is 0 Å². The molecule has 0 N–H and O–H groups in total. The number of aryl methyl sites for hydroxylation is 1. The van der Waals surface area contributed by atoms with Gasteiger partial charge in [0.2, 0.25) is 0 Å². The van der Waals surface area contributed by atoms with E-state index >= 15 is 0 Å². The van der Waals surface area contributed by atoms with Crippen LogP contribution in [-0.2, 0) is 11.2 Å². The molecule has 1 aliphatic heterocycles. The number of morpholine rings is 1. The largest absolute Gasteiger partial charge is 0.372 e. The molecule has 1 aromatic carbocycles. The quantitative estimate of drug-likeness (QED) is 0.712. The third-order valence-electron chi connectivity index (χ3n) is 4.04. The second-order valence-corrected chi connectivity index (χ2v) is 6.14. The van der Waals surface area contributed by atoms with Crippen LogP contribution in [0.4, 0.5) is 5.69 Å². The Morgan fingerprint density at radius 1 is 1.00 bits per heavy atom. The van der Waals surface area contributed by atoms with Crippen LogP contribution in [0.1, 0.15) is 52.0 Å². The number of ether oxygens (including phenoxy) is 1. The summed E-state index contributed by atoms with van der Waals surface area (Å²) in [5.74, 6) is 0. The molecule has 2 rings (SSSR count). The smallest absolute Gasteiger partial charge is 0.0726 e. The first-order valence-electron chi connectivity index (χ1n) is 8.18. The first kappa shape index (κ1) is 15.4. The second-order valence-electron chi connectivity index (χ2n) is 6.14. The van der Waals surface area contributed by atoms with E-state index in [2.05, 4.69) is 49.9 Å². The zero-order chi connectivity index (χ0) is 14.4. The van der Waals surface area contributed by atoms with Crippen molar-refractivity contribution < 1.29 is 4.74 Å². The molecule has 2 nitrogen and oxygen atoms in total. The number of hydrogen-bond donors (Lipinski definition) is 0. The summed E-state index contributed by atoms with van der Waals surface area (Å²) in [5.41, 5.74) is 2.81. The summed E-state index contributed by atoms with van der Waals surface area (Å²) in [5, 5.41) is 0. The molecule has 1 fully saturated rings. The van der Waals surface area contributed by atoms with Gasteiger partial charge in [-0.05, 0) is 44.4 Å². The van der Waals surface area contributed by atoms with Gasteiger partial charge in [0.05, 0.1) is 12.2 Å². The maximum absolute atomic E-state index is 5.80. The fourth-order valence-corrected chi connectivity index (χ4v) is 3.02. The summed E-state index contributed by atoms with van der Waals surface area (Å²) in [6, 6.07) is 9.15. The standard InChI is InChI=1S/C18H29NO/c1-4-5-6-7-8-17-9-11-18(12-10-17)19-13-15(2)20-16(3)14-19/h9-12,15-16H,4-8,13-14H2,1-3H3/t15-,16-/m1/s1. The summed E-state index contributed by atoms with van der Waals surface area (Å²) >= 11 is 0. The van der Waals surface area contributed by atoms with Gasteiger partial charge in [-0.3, -0.25) is 0 Å². The van der Waals surface area contributed by atoms with E-state index in [0.717, 1.165) is 13.1 Å². The molecule has 20 heavy (non-hydrogen) atoms. The minimum Gasteiger partial charge on any atom is -0.372 e. The Morgan fingerprint density at radius 2 is 1.65 bits per heavy atom. The summed E-state index contributed by atoms with van der Waals surface area (Å²) in [6.07, 6.45) is 7.22. The average Bonchev–Trinajstić information content (AvgIpc) is 2.43. The van der Waals surface area contributed by atoms with Gasteiger partial charge >= 0.3 is 0 Å². The molecule has 2 atom stereocenters. The van der Waals surface area contributed by atoms with Crippen LogP contribution in [0.2, 0.25) is 0 Å². The molecule has 0 amide bonds. The van der Waals surface area contributed by atoms with Crippen LogP contribution in [0.25, 0.3) is 0 Å². The molecule has 0 aromatic heterocycles. The molecule has 1 heterocycles. The van der Waals surface area contributed by atoms with Gasteiger partial charge in [0.15, 0.2) is 0 Å². The summed E-state index contributed by atoms with van der Waals surface area (Å²) < 4.78 is 5.80. The lowest BCUT2D eigenvalue weighted by atomic mass is 10.1. The van der Waals surface area contributed by atoms with E-state index in [0.29, 0.717) is 12.2 Å². The van der Waals surface area contributed by atoms with E-state index in [1.807, 2.05) is 0 Å². The monoisotopic (exact) mass is 275 g/mol. The van der Waals surface area contributed by atoms with E-state index < -0.39 is 0 Å². The first-order chi connectivity index (χ1) is 9.69. The summed E-state index contributed by atoms with van der Waals surface area (Å²) in [7, 11) is 0. The normalized spacial score (nSPS) is 23.1. The van der Waals surface area contributed by atoms with Crippen LogP contribution in [0, 0.1) is 0 Å². The van der Waals surface area contributed by atoms with Crippen LogP contribution in [0.3, 0.4) is 0 Å². The van der Waals surface area contributed by atoms with Crippen LogP contribution < -0.4 is 4.90 Å². The fourth-order valence-electron chi connectivity index (χ4n) is 3.02. The van der Waals surface area contributed by atoms with Crippen molar-refractivity contribution in [1.82, 2.24) is 0 Å². The Balaban J connectivity index is 1.87. The van der Waals surface area contributed by atoms with Gasteiger partial charge in [0, 0.05) is 18.8 Å². The zero-order valence-electron chi connectivity index (χ0n) is 13.3. The van der Waals surface area contributed by atoms with Gasteiger partial charge in [0.1, 0.15) is 0 Å². The van der Waals surface area contributed by atoms with E-state index in [9.17, 15) is 0 Å². The highest BCUT2D eigenvalue weighted by Gasteiger charge is 2.22. The van der Waals surface area contributed by atoms with Crippen molar-refractivity contribution >= 4 is 5.69 Å². The maximum Gasteiger partial charge on any atom is 0.0726 e. The molecule has 0 aliphatic carbocycles. The van der Waals surface area contributed by atoms with Crippen LogP contribution >= 0.6 is 0 Å². The predicted octanol–water partition coefficient (Wildman–Crippen LogP) is 4.42. The molecule has 0 bridgehead atoms. The molecule has 1 saturated heterocycles. The van der Waals surface area contributed by atoms with E-state index in [1.54, 1.807) is 0 Å². The molecule has 0 saturated carbocycles. The average molecular weight is 275 g/mol. The highest BCUT2D eigenvalue weighted by atomic mass is 16.5. The second kappa shape index (κ2) is 7.68. The molecule has 2 heteroatoms. The molecular formula is C18H29NO. The van der Waals surface area contributed by atoms with Crippen molar-refractivity contribution in [2.45, 2.75) is 65.1 Å². The number of benzene rings is 1. The number of hydrogen-bond acceptors (Lipinski definition) is 2. The third-order valence-corrected chi connectivity index (χ3v) is 4.04. The molecule has 1 aromatic rings. The highest BCUT2D eigenvalue weighted by molar-refractivity contribution is 5.48. The first-order valence-corrected chi connectivity index (χ1v) is 8.18. The van der Waals surface area contributed by atoms with Gasteiger partial charge in [-0.15, -0.1) is 0 Å². The minimum absolute atomic E-state index is 0.326. The molecule has 0 radical (unpaired) electrons. The Labute approximate surface area is 124 Å². The number of nitrogens with zero attached hydrogens (tertiary/aromatic N) is 1. The van der Waals surface area contributed by atoms with Crippen LogP contribution in [0.5, 0.6) is 0 Å². The Bertz CT molecular complexity index is 377. The zero-order valence-corrected chi connectivity index (χ0v) is 13.3. The Hall–Kier alpha value is -1.02. The van der Waals surface area contributed by atoms with Crippen molar-refractivity contribution in [1.29, 1.82) is 0 Å². The lowest BCUT2D eigenvalue weighted by molar-refractivity contribution is -0.00521. The van der Waals surface area contributed by atoms with Gasteiger partial charge in [-0.2, -0.15) is 0 Å². The third kappa shape index (κ3) is 4.52. The van der Waals surface area contributed by atoms with Gasteiger partial charge in [0.25, 0.3) is 0 Å². The summed E-state index contributed by atoms with van der Waals surface area (Å²) in [4.78, 5) is 2.44. The SMILES string of the molecule is CCCCCCc1ccc(N2C[C@@H](C)O[C@H](C)C2)cc1. The predicted molar refractivity (Wildman–Crippen MR) is 86.5 cm³/mol. The van der Waals surface area contributed by atoms with Gasteiger partial charge in [-0.1, -0.05) is 38.3 Å². The number of anilines is 1. The lowest BCUT2D eigenvalue weighted by Crippen LogP contribution is -2.45. The van der Waals surface area contributed by atoms with Crippen LogP contribution in [0.15, 0.2) is 24.3 Å².